The fourth-order valence-electron chi connectivity index (χ4n) is 3.81. The third-order valence-corrected chi connectivity index (χ3v) is 5.42. The van der Waals surface area contributed by atoms with Crippen molar-refractivity contribution in [2.24, 2.45) is 28.2 Å². The molecule has 0 spiro atoms. The highest BCUT2D eigenvalue weighted by Gasteiger charge is 2.36. The van der Waals surface area contributed by atoms with E-state index in [1.807, 2.05) is 0 Å². The highest BCUT2D eigenvalue weighted by Crippen LogP contribution is 2.40. The van der Waals surface area contributed by atoms with E-state index in [1.54, 1.807) is 0 Å². The molecule has 10 heteroatoms. The summed E-state index contributed by atoms with van der Waals surface area (Å²) in [5.41, 5.74) is -1.44. The number of rotatable bonds is 1. The van der Waals surface area contributed by atoms with E-state index in [2.05, 4.69) is 5.32 Å². The summed E-state index contributed by atoms with van der Waals surface area (Å²) in [6, 6.07) is 5.42. The molecule has 1 aromatic carbocycles. The molecule has 0 amide bonds. The quantitative estimate of drug-likeness (QED) is 0.480. The molecular weight excluding hydrogens is 381 g/mol. The summed E-state index contributed by atoms with van der Waals surface area (Å²) in [6.45, 7) is 0. The molecule has 9 nitrogen and oxygen atoms in total. The van der Waals surface area contributed by atoms with Gasteiger partial charge in [0.25, 0.3) is 11.1 Å². The minimum Gasteiger partial charge on any atom is -0.327 e. The fraction of sp³-hybridized carbons (Fsp3) is 0.263. The Kier molecular flexibility index (Phi) is 3.96. The van der Waals surface area contributed by atoms with Gasteiger partial charge in [-0.2, -0.15) is 0 Å². The van der Waals surface area contributed by atoms with E-state index in [-0.39, 0.29) is 22.8 Å². The Labute approximate surface area is 162 Å². The van der Waals surface area contributed by atoms with Gasteiger partial charge >= 0.3 is 11.4 Å². The van der Waals surface area contributed by atoms with Gasteiger partial charge in [0, 0.05) is 28.2 Å². The summed E-state index contributed by atoms with van der Waals surface area (Å²) < 4.78 is 17.9. The van der Waals surface area contributed by atoms with Gasteiger partial charge in [0.1, 0.15) is 17.5 Å². The minimum absolute atomic E-state index is 0.171. The number of hydrogen-bond donors (Lipinski definition) is 1. The second-order valence-corrected chi connectivity index (χ2v) is 7.05. The lowest BCUT2D eigenvalue weighted by atomic mass is 9.84. The Hall–Kier alpha value is -3.69. The summed E-state index contributed by atoms with van der Waals surface area (Å²) in [7, 11) is 5.67. The molecule has 4 rings (SSSR count). The zero-order chi connectivity index (χ0) is 21.2. The monoisotopic (exact) mass is 399 g/mol. The van der Waals surface area contributed by atoms with Crippen LogP contribution in [0.2, 0.25) is 0 Å². The number of nitrogens with zero attached hydrogens (tertiary/aromatic N) is 4. The van der Waals surface area contributed by atoms with E-state index in [0.717, 1.165) is 9.13 Å². The predicted molar refractivity (Wildman–Crippen MR) is 104 cm³/mol. The van der Waals surface area contributed by atoms with Crippen molar-refractivity contribution in [1.82, 2.24) is 18.3 Å². The smallest absolute Gasteiger partial charge is 0.327 e. The summed E-state index contributed by atoms with van der Waals surface area (Å²) in [6.07, 6.45) is 0. The van der Waals surface area contributed by atoms with Crippen LogP contribution in [0.5, 0.6) is 0 Å². The Bertz CT molecular complexity index is 1320. The van der Waals surface area contributed by atoms with E-state index >= 15 is 0 Å². The van der Waals surface area contributed by atoms with Crippen molar-refractivity contribution >= 4 is 11.6 Å². The van der Waals surface area contributed by atoms with Crippen LogP contribution in [0, 0.1) is 5.82 Å². The largest absolute Gasteiger partial charge is 0.332 e. The van der Waals surface area contributed by atoms with E-state index in [9.17, 15) is 23.6 Å². The van der Waals surface area contributed by atoms with E-state index in [1.165, 1.54) is 61.6 Å². The van der Waals surface area contributed by atoms with Crippen molar-refractivity contribution in [3.8, 4) is 0 Å². The maximum Gasteiger partial charge on any atom is 0.332 e. The lowest BCUT2D eigenvalue weighted by Gasteiger charge is -2.31. The fourth-order valence-corrected chi connectivity index (χ4v) is 3.81. The average molecular weight is 399 g/mol. The van der Waals surface area contributed by atoms with Crippen LogP contribution in [-0.2, 0) is 28.2 Å². The topological polar surface area (TPSA) is 100 Å². The normalized spacial score (nSPS) is 13.0. The highest BCUT2D eigenvalue weighted by molar-refractivity contribution is 5.70. The van der Waals surface area contributed by atoms with Crippen LogP contribution < -0.4 is 27.8 Å². The molecule has 3 heterocycles. The summed E-state index contributed by atoms with van der Waals surface area (Å²) in [5.74, 6) is -0.992. The first-order valence-electron chi connectivity index (χ1n) is 8.77. The van der Waals surface area contributed by atoms with Crippen LogP contribution in [0.15, 0.2) is 43.4 Å². The van der Waals surface area contributed by atoms with E-state index in [0.29, 0.717) is 5.56 Å². The van der Waals surface area contributed by atoms with Crippen LogP contribution in [0.4, 0.5) is 16.0 Å². The summed E-state index contributed by atoms with van der Waals surface area (Å²) >= 11 is 0. The van der Waals surface area contributed by atoms with Gasteiger partial charge in [-0.3, -0.25) is 27.9 Å². The van der Waals surface area contributed by atoms with Gasteiger partial charge in [-0.25, -0.2) is 14.0 Å². The molecule has 1 aliphatic rings. The first-order valence-corrected chi connectivity index (χ1v) is 8.77. The molecule has 0 fully saturated rings. The van der Waals surface area contributed by atoms with E-state index < -0.39 is 34.2 Å². The molecule has 0 radical (unpaired) electrons. The number of hydrogen-bond acceptors (Lipinski definition) is 5. The molecule has 0 bridgehead atoms. The van der Waals surface area contributed by atoms with Crippen LogP contribution >= 0.6 is 0 Å². The molecule has 0 atom stereocenters. The number of aromatic nitrogens is 4. The Balaban J connectivity index is 2.23. The Morgan fingerprint density at radius 2 is 1.14 bits per heavy atom. The molecule has 29 heavy (non-hydrogen) atoms. The van der Waals surface area contributed by atoms with Crippen LogP contribution in [0.1, 0.15) is 22.6 Å². The Morgan fingerprint density at radius 1 is 0.724 bits per heavy atom. The lowest BCUT2D eigenvalue weighted by molar-refractivity contribution is 0.623. The minimum atomic E-state index is -0.891. The third kappa shape index (κ3) is 2.45. The van der Waals surface area contributed by atoms with E-state index in [4.69, 9.17) is 0 Å². The van der Waals surface area contributed by atoms with Crippen molar-refractivity contribution in [2.45, 2.75) is 5.92 Å². The van der Waals surface area contributed by atoms with Crippen molar-refractivity contribution in [3.63, 3.8) is 0 Å². The summed E-state index contributed by atoms with van der Waals surface area (Å²) in [4.78, 5) is 51.0. The van der Waals surface area contributed by atoms with Gasteiger partial charge in [-0.15, -0.1) is 0 Å². The molecule has 0 saturated heterocycles. The van der Waals surface area contributed by atoms with Gasteiger partial charge in [-0.1, -0.05) is 12.1 Å². The number of anilines is 2. The van der Waals surface area contributed by atoms with Crippen molar-refractivity contribution < 1.29 is 4.39 Å². The van der Waals surface area contributed by atoms with Gasteiger partial charge < -0.3 is 5.32 Å². The molecule has 150 valence electrons. The van der Waals surface area contributed by atoms with Crippen LogP contribution in [0.3, 0.4) is 0 Å². The number of fused-ring (bicyclic) bond motifs is 2. The summed E-state index contributed by atoms with van der Waals surface area (Å²) in [5, 5.41) is 2.93. The molecule has 0 unspecified atom stereocenters. The predicted octanol–water partition coefficient (Wildman–Crippen LogP) is -0.142. The zero-order valence-electron chi connectivity index (χ0n) is 16.2. The second-order valence-electron chi connectivity index (χ2n) is 7.05. The lowest BCUT2D eigenvalue weighted by Crippen LogP contribution is -2.47. The standard InChI is InChI=1S/C19H18FN5O4/c1-22-14-12(16(26)24(3)18(22)28)11(9-5-7-10(20)8-6-9)13-15(21-14)23(2)19(29)25(4)17(13)27/h5-8,11,21H,1-4H3. The number of benzene rings is 1. The van der Waals surface area contributed by atoms with Gasteiger partial charge in [0.05, 0.1) is 17.0 Å². The second kappa shape index (κ2) is 6.16. The molecular formula is C19H18FN5O4. The molecule has 2 aromatic heterocycles. The maximum atomic E-state index is 13.5. The maximum absolute atomic E-state index is 13.5. The zero-order valence-corrected chi connectivity index (χ0v) is 16.2. The Morgan fingerprint density at radius 3 is 1.55 bits per heavy atom. The van der Waals surface area contributed by atoms with Gasteiger partial charge in [0.15, 0.2) is 0 Å². The van der Waals surface area contributed by atoms with Crippen molar-refractivity contribution in [3.05, 3.63) is 88.4 Å². The SMILES string of the molecule is Cn1c2c(c(=O)n(C)c1=O)C(c1ccc(F)cc1)c1c(n(C)c(=O)n(C)c1=O)N2. The van der Waals surface area contributed by atoms with Crippen LogP contribution in [0.25, 0.3) is 0 Å². The van der Waals surface area contributed by atoms with Crippen LogP contribution in [-0.4, -0.2) is 18.3 Å². The third-order valence-electron chi connectivity index (χ3n) is 5.42. The molecule has 0 aliphatic carbocycles. The van der Waals surface area contributed by atoms with Gasteiger partial charge in [-0.05, 0) is 17.7 Å². The number of halogens is 1. The van der Waals surface area contributed by atoms with Crippen molar-refractivity contribution in [2.75, 3.05) is 5.32 Å². The number of nitrogens with one attached hydrogen (secondary N) is 1. The van der Waals surface area contributed by atoms with Crippen molar-refractivity contribution in [1.29, 1.82) is 0 Å². The molecule has 3 aromatic rings. The average Bonchev–Trinajstić information content (AvgIpc) is 2.72. The first-order chi connectivity index (χ1) is 13.6. The molecule has 1 aliphatic heterocycles. The highest BCUT2D eigenvalue weighted by atomic mass is 19.1. The molecule has 0 saturated carbocycles. The molecule has 1 N–H and O–H groups in total. The van der Waals surface area contributed by atoms with Gasteiger partial charge in [0.2, 0.25) is 0 Å². The first kappa shape index (κ1) is 18.7.